The van der Waals surface area contributed by atoms with Crippen LogP contribution in [0, 0.1) is 5.92 Å². The van der Waals surface area contributed by atoms with Gasteiger partial charge in [-0.05, 0) is 43.4 Å². The van der Waals surface area contributed by atoms with Gasteiger partial charge < -0.3 is 15.7 Å². The molecular formula is C27H36ClN3O5S2. The molecule has 0 bridgehead atoms. The first kappa shape index (κ1) is 30.4. The fourth-order valence-electron chi connectivity index (χ4n) is 4.51. The van der Waals surface area contributed by atoms with E-state index in [-0.39, 0.29) is 16.1 Å². The topological polar surface area (TPSA) is 125 Å². The molecule has 1 aliphatic carbocycles. The van der Waals surface area contributed by atoms with Crippen LogP contribution in [0.4, 0.5) is 0 Å². The molecular weight excluding hydrogens is 546 g/mol. The molecule has 0 aliphatic heterocycles. The Morgan fingerprint density at radius 1 is 1.11 bits per heavy atom. The van der Waals surface area contributed by atoms with E-state index < -0.39 is 22.0 Å². The Kier molecular flexibility index (Phi) is 11.5. The normalized spacial score (nSPS) is 16.0. The van der Waals surface area contributed by atoms with Gasteiger partial charge in [0.25, 0.3) is 15.9 Å². The number of thiol groups is 1. The first-order valence-corrected chi connectivity index (χ1v) is 15.2. The number of carbonyl (C=O) groups is 2. The average molecular weight is 582 g/mol. The number of nitrogens with one attached hydrogen (secondary N) is 3. The molecule has 1 saturated carbocycles. The standard InChI is InChI=1S/C27H36ClN3O5S2/c1-18(32)27(34)31-38(35,36)25-10-6-5-9-22(25)21-12-11-19(15-23(21)28)16-29-14-13-26(33)30-17-24(37)20-7-3-2-4-8-20/h5-6,9-12,15,18,20,24,29,32,37H,2-4,7-8,13-14,16-17H2,1H3,(H,30,33)(H,31,34)/t18-,24+/m0/s1. The second-order valence-electron chi connectivity index (χ2n) is 9.65. The van der Waals surface area contributed by atoms with Crippen molar-refractivity contribution in [1.29, 1.82) is 0 Å². The van der Waals surface area contributed by atoms with Crippen molar-refractivity contribution < 1.29 is 23.1 Å². The van der Waals surface area contributed by atoms with E-state index in [1.807, 2.05) is 10.8 Å². The van der Waals surface area contributed by atoms with Gasteiger partial charge in [0.05, 0.1) is 4.90 Å². The zero-order chi connectivity index (χ0) is 27.7. The Hall–Kier alpha value is -2.11. The Morgan fingerprint density at radius 2 is 1.82 bits per heavy atom. The molecule has 1 fully saturated rings. The fourth-order valence-corrected chi connectivity index (χ4v) is 6.48. The number of benzene rings is 2. The van der Waals surface area contributed by atoms with Crippen molar-refractivity contribution in [3.05, 3.63) is 53.1 Å². The summed E-state index contributed by atoms with van der Waals surface area (Å²) >= 11 is 11.2. The largest absolute Gasteiger partial charge is 0.384 e. The maximum Gasteiger partial charge on any atom is 0.264 e. The molecule has 2 aromatic carbocycles. The van der Waals surface area contributed by atoms with Crippen LogP contribution in [0.15, 0.2) is 47.4 Å². The minimum absolute atomic E-state index is 0.0127. The van der Waals surface area contributed by atoms with Crippen LogP contribution in [0.1, 0.15) is 51.0 Å². The van der Waals surface area contributed by atoms with Crippen molar-refractivity contribution in [3.8, 4) is 11.1 Å². The van der Waals surface area contributed by atoms with E-state index >= 15 is 0 Å². The number of rotatable bonds is 12. The van der Waals surface area contributed by atoms with Gasteiger partial charge in [-0.3, -0.25) is 9.59 Å². The van der Waals surface area contributed by atoms with Gasteiger partial charge in [0.1, 0.15) is 6.10 Å². The van der Waals surface area contributed by atoms with Crippen LogP contribution in [0.5, 0.6) is 0 Å². The Balaban J connectivity index is 1.53. The fraction of sp³-hybridized carbons (Fsp3) is 0.481. The van der Waals surface area contributed by atoms with Gasteiger partial charge in [0, 0.05) is 47.5 Å². The minimum Gasteiger partial charge on any atom is -0.384 e. The van der Waals surface area contributed by atoms with E-state index in [2.05, 4.69) is 23.3 Å². The van der Waals surface area contributed by atoms with Crippen LogP contribution in [0.3, 0.4) is 0 Å². The molecule has 2 aromatic rings. The second kappa shape index (κ2) is 14.3. The summed E-state index contributed by atoms with van der Waals surface area (Å²) in [6.45, 7) is 2.75. The molecule has 8 nitrogen and oxygen atoms in total. The summed E-state index contributed by atoms with van der Waals surface area (Å²) in [6.07, 6.45) is 5.04. The molecule has 0 aromatic heterocycles. The Labute approximate surface area is 235 Å². The van der Waals surface area contributed by atoms with Crippen molar-refractivity contribution in [2.45, 2.75) is 68.2 Å². The second-order valence-corrected chi connectivity index (χ2v) is 12.4. The molecule has 38 heavy (non-hydrogen) atoms. The molecule has 3 rings (SSSR count). The van der Waals surface area contributed by atoms with Gasteiger partial charge in [-0.25, -0.2) is 13.1 Å². The molecule has 208 valence electrons. The number of aliphatic hydroxyl groups is 1. The molecule has 4 N–H and O–H groups in total. The third-order valence-corrected chi connectivity index (χ3v) is 9.00. The number of carbonyl (C=O) groups excluding carboxylic acids is 2. The molecule has 2 amide bonds. The number of sulfonamides is 1. The lowest BCUT2D eigenvalue weighted by molar-refractivity contribution is -0.126. The quantitative estimate of drug-likeness (QED) is 0.192. The predicted molar refractivity (Wildman–Crippen MR) is 153 cm³/mol. The summed E-state index contributed by atoms with van der Waals surface area (Å²) < 4.78 is 27.4. The molecule has 11 heteroatoms. The van der Waals surface area contributed by atoms with Gasteiger partial charge in [0.15, 0.2) is 0 Å². The van der Waals surface area contributed by atoms with Crippen molar-refractivity contribution in [2.75, 3.05) is 13.1 Å². The summed E-state index contributed by atoms with van der Waals surface area (Å²) in [6, 6.07) is 11.5. The summed E-state index contributed by atoms with van der Waals surface area (Å²) in [5, 5.41) is 16.1. The molecule has 1 aliphatic rings. The van der Waals surface area contributed by atoms with E-state index in [4.69, 9.17) is 11.6 Å². The number of amides is 2. The molecule has 0 heterocycles. The summed E-state index contributed by atoms with van der Waals surface area (Å²) in [7, 11) is -4.23. The first-order valence-electron chi connectivity index (χ1n) is 12.9. The number of aliphatic hydroxyl groups excluding tert-OH is 1. The highest BCUT2D eigenvalue weighted by atomic mass is 35.5. The zero-order valence-corrected chi connectivity index (χ0v) is 23.9. The summed E-state index contributed by atoms with van der Waals surface area (Å²) in [4.78, 5) is 23.9. The van der Waals surface area contributed by atoms with Crippen molar-refractivity contribution in [2.24, 2.45) is 5.92 Å². The lowest BCUT2D eigenvalue weighted by Crippen LogP contribution is -2.37. The lowest BCUT2D eigenvalue weighted by atomic mass is 9.86. The maximum atomic E-state index is 12.8. The minimum atomic E-state index is -4.23. The van der Waals surface area contributed by atoms with Crippen LogP contribution in [-0.2, 0) is 26.2 Å². The predicted octanol–water partition coefficient (Wildman–Crippen LogP) is 3.67. The highest BCUT2D eigenvalue weighted by Crippen LogP contribution is 2.33. The van der Waals surface area contributed by atoms with Crippen LogP contribution in [0.2, 0.25) is 5.02 Å². The average Bonchev–Trinajstić information content (AvgIpc) is 2.90. The molecule has 0 unspecified atom stereocenters. The summed E-state index contributed by atoms with van der Waals surface area (Å²) in [5.74, 6) is -0.454. The number of hydrogen-bond donors (Lipinski definition) is 5. The van der Waals surface area contributed by atoms with Gasteiger partial charge in [-0.1, -0.05) is 61.2 Å². The Morgan fingerprint density at radius 3 is 2.50 bits per heavy atom. The van der Waals surface area contributed by atoms with E-state index in [1.54, 1.807) is 30.3 Å². The van der Waals surface area contributed by atoms with Gasteiger partial charge in [-0.15, -0.1) is 0 Å². The van der Waals surface area contributed by atoms with Crippen LogP contribution in [-0.4, -0.2) is 49.8 Å². The SMILES string of the molecule is C[C@H](O)C(=O)NS(=O)(=O)c1ccccc1-c1ccc(CNCCC(=O)NC[C@@H](S)C2CCCCC2)cc1Cl. The van der Waals surface area contributed by atoms with Crippen molar-refractivity contribution >= 4 is 46.1 Å². The van der Waals surface area contributed by atoms with Crippen LogP contribution >= 0.6 is 24.2 Å². The maximum absolute atomic E-state index is 12.8. The highest BCUT2D eigenvalue weighted by Gasteiger charge is 2.24. The lowest BCUT2D eigenvalue weighted by Gasteiger charge is -2.27. The summed E-state index contributed by atoms with van der Waals surface area (Å²) in [5.41, 5.74) is 1.68. The highest BCUT2D eigenvalue weighted by molar-refractivity contribution is 7.90. The third-order valence-electron chi connectivity index (χ3n) is 6.67. The smallest absolute Gasteiger partial charge is 0.264 e. The van der Waals surface area contributed by atoms with Gasteiger partial charge >= 0.3 is 0 Å². The molecule has 0 spiro atoms. The number of hydrogen-bond acceptors (Lipinski definition) is 7. The van der Waals surface area contributed by atoms with Gasteiger partial charge in [0.2, 0.25) is 5.91 Å². The zero-order valence-electron chi connectivity index (χ0n) is 21.5. The van der Waals surface area contributed by atoms with E-state index in [0.29, 0.717) is 48.1 Å². The molecule has 2 atom stereocenters. The number of halogens is 1. The van der Waals surface area contributed by atoms with Crippen molar-refractivity contribution in [1.82, 2.24) is 15.4 Å². The monoisotopic (exact) mass is 581 g/mol. The first-order chi connectivity index (χ1) is 18.1. The van der Waals surface area contributed by atoms with Gasteiger partial charge in [-0.2, -0.15) is 12.6 Å². The Bertz CT molecular complexity index is 1220. The van der Waals surface area contributed by atoms with Crippen LogP contribution < -0.4 is 15.4 Å². The molecule has 0 radical (unpaired) electrons. The van der Waals surface area contributed by atoms with Crippen molar-refractivity contribution in [3.63, 3.8) is 0 Å². The van der Waals surface area contributed by atoms with E-state index in [9.17, 15) is 23.1 Å². The van der Waals surface area contributed by atoms with Crippen LogP contribution in [0.25, 0.3) is 11.1 Å². The van der Waals surface area contributed by atoms with E-state index in [0.717, 1.165) is 5.56 Å². The van der Waals surface area contributed by atoms with E-state index in [1.165, 1.54) is 45.1 Å². The molecule has 0 saturated heterocycles. The third kappa shape index (κ3) is 8.71.